The van der Waals surface area contributed by atoms with Gasteiger partial charge in [-0.2, -0.15) is 0 Å². The summed E-state index contributed by atoms with van der Waals surface area (Å²) < 4.78 is 5.47. The number of fused-ring (bicyclic) bond motifs is 3. The molecule has 0 spiro atoms. The summed E-state index contributed by atoms with van der Waals surface area (Å²) in [5.74, 6) is 1.19. The van der Waals surface area contributed by atoms with Crippen LogP contribution >= 0.6 is 0 Å². The molecule has 0 saturated carbocycles. The number of hydrogen-bond donors (Lipinski definition) is 1. The number of rotatable bonds is 1. The molecule has 1 fully saturated rings. The standard InChI is InChI=1S/C16H21NO2/c1-11(18)19-14-5-3-4-12-6-7-13-10-17-9-8-16(13,2)15(12)14/h3-5,13,17H,6-10H2,1-2H3. The second kappa shape index (κ2) is 4.64. The molecule has 1 aromatic carbocycles. The number of hydrogen-bond acceptors (Lipinski definition) is 3. The minimum atomic E-state index is -0.229. The van der Waals surface area contributed by atoms with Crippen LogP contribution in [0.3, 0.4) is 0 Å². The summed E-state index contributed by atoms with van der Waals surface area (Å²) in [6.07, 6.45) is 3.43. The molecule has 102 valence electrons. The van der Waals surface area contributed by atoms with E-state index in [9.17, 15) is 4.79 Å². The molecule has 2 aliphatic rings. The third kappa shape index (κ3) is 2.06. The number of carbonyl (C=O) groups is 1. The molecule has 1 aromatic rings. The van der Waals surface area contributed by atoms with E-state index in [0.29, 0.717) is 5.92 Å². The summed E-state index contributed by atoms with van der Waals surface area (Å²) in [5, 5.41) is 3.49. The highest BCUT2D eigenvalue weighted by Crippen LogP contribution is 2.48. The van der Waals surface area contributed by atoms with Crippen LogP contribution in [0.25, 0.3) is 0 Å². The van der Waals surface area contributed by atoms with Gasteiger partial charge in [0.15, 0.2) is 0 Å². The second-order valence-electron chi connectivity index (χ2n) is 5.99. The van der Waals surface area contributed by atoms with Gasteiger partial charge in [-0.05, 0) is 49.9 Å². The monoisotopic (exact) mass is 259 g/mol. The van der Waals surface area contributed by atoms with Crippen molar-refractivity contribution in [2.24, 2.45) is 5.92 Å². The molecular weight excluding hydrogens is 238 g/mol. The van der Waals surface area contributed by atoms with Crippen LogP contribution in [0, 0.1) is 5.92 Å². The SMILES string of the molecule is CC(=O)Oc1cccc2c1C1(C)CCNCC1CC2. The predicted octanol–water partition coefficient (Wildman–Crippen LogP) is 2.43. The lowest BCUT2D eigenvalue weighted by Crippen LogP contribution is -2.49. The largest absolute Gasteiger partial charge is 0.426 e. The molecule has 0 bridgehead atoms. The lowest BCUT2D eigenvalue weighted by Gasteiger charge is -2.47. The number of piperidine rings is 1. The fourth-order valence-corrected chi connectivity index (χ4v) is 3.81. The first-order valence-electron chi connectivity index (χ1n) is 7.13. The van der Waals surface area contributed by atoms with Crippen LogP contribution in [0.1, 0.15) is 37.8 Å². The summed E-state index contributed by atoms with van der Waals surface area (Å²) in [6.45, 7) is 5.93. The topological polar surface area (TPSA) is 38.3 Å². The summed E-state index contributed by atoms with van der Waals surface area (Å²) in [6, 6.07) is 6.13. The first kappa shape index (κ1) is 12.7. The molecule has 1 heterocycles. The van der Waals surface area contributed by atoms with E-state index in [1.54, 1.807) is 0 Å². The average molecular weight is 259 g/mol. The summed E-state index contributed by atoms with van der Waals surface area (Å²) >= 11 is 0. The van der Waals surface area contributed by atoms with E-state index in [4.69, 9.17) is 4.74 Å². The Bertz CT molecular complexity index is 511. The molecule has 2 atom stereocenters. The van der Waals surface area contributed by atoms with Gasteiger partial charge in [-0.25, -0.2) is 0 Å². The molecule has 19 heavy (non-hydrogen) atoms. The maximum Gasteiger partial charge on any atom is 0.308 e. The fourth-order valence-electron chi connectivity index (χ4n) is 3.81. The first-order chi connectivity index (χ1) is 9.11. The Morgan fingerprint density at radius 3 is 3.11 bits per heavy atom. The van der Waals surface area contributed by atoms with Gasteiger partial charge >= 0.3 is 5.97 Å². The Labute approximate surface area is 114 Å². The van der Waals surface area contributed by atoms with Crippen LogP contribution in [0.15, 0.2) is 18.2 Å². The van der Waals surface area contributed by atoms with Crippen LogP contribution in [0.4, 0.5) is 0 Å². The zero-order valence-corrected chi connectivity index (χ0v) is 11.7. The molecule has 1 aliphatic heterocycles. The van der Waals surface area contributed by atoms with Crippen molar-refractivity contribution in [2.75, 3.05) is 13.1 Å². The van der Waals surface area contributed by atoms with Crippen LogP contribution in [-0.4, -0.2) is 19.1 Å². The number of nitrogens with one attached hydrogen (secondary N) is 1. The van der Waals surface area contributed by atoms with Gasteiger partial charge in [0, 0.05) is 17.9 Å². The number of benzene rings is 1. The van der Waals surface area contributed by atoms with Crippen molar-refractivity contribution >= 4 is 5.97 Å². The average Bonchev–Trinajstić information content (AvgIpc) is 2.37. The van der Waals surface area contributed by atoms with Crippen molar-refractivity contribution in [2.45, 2.75) is 38.5 Å². The van der Waals surface area contributed by atoms with Gasteiger partial charge in [0.05, 0.1) is 0 Å². The highest BCUT2D eigenvalue weighted by Gasteiger charge is 2.43. The highest BCUT2D eigenvalue weighted by molar-refractivity contribution is 5.70. The normalized spacial score (nSPS) is 29.3. The minimum Gasteiger partial charge on any atom is -0.426 e. The van der Waals surface area contributed by atoms with Crippen LogP contribution in [0.2, 0.25) is 0 Å². The van der Waals surface area contributed by atoms with Crippen LogP contribution in [0.5, 0.6) is 5.75 Å². The molecule has 3 nitrogen and oxygen atoms in total. The molecule has 2 unspecified atom stereocenters. The van der Waals surface area contributed by atoms with Crippen molar-refractivity contribution < 1.29 is 9.53 Å². The molecule has 0 radical (unpaired) electrons. The van der Waals surface area contributed by atoms with Crippen LogP contribution < -0.4 is 10.1 Å². The van der Waals surface area contributed by atoms with Crippen molar-refractivity contribution in [3.8, 4) is 5.75 Å². The van der Waals surface area contributed by atoms with Gasteiger partial charge in [0.2, 0.25) is 0 Å². The summed E-state index contributed by atoms with van der Waals surface area (Å²) in [4.78, 5) is 11.3. The molecule has 0 amide bonds. The van der Waals surface area contributed by atoms with Gasteiger partial charge in [-0.15, -0.1) is 0 Å². The van der Waals surface area contributed by atoms with E-state index in [-0.39, 0.29) is 11.4 Å². The zero-order chi connectivity index (χ0) is 13.5. The molecule has 1 saturated heterocycles. The third-order valence-electron chi connectivity index (χ3n) is 4.81. The highest BCUT2D eigenvalue weighted by atomic mass is 16.5. The van der Waals surface area contributed by atoms with E-state index in [1.807, 2.05) is 12.1 Å². The molecule has 1 aliphatic carbocycles. The van der Waals surface area contributed by atoms with Crippen molar-refractivity contribution in [3.63, 3.8) is 0 Å². The summed E-state index contributed by atoms with van der Waals surface area (Å²) in [5.41, 5.74) is 2.78. The van der Waals surface area contributed by atoms with Gasteiger partial charge in [-0.1, -0.05) is 19.1 Å². The van der Waals surface area contributed by atoms with E-state index in [2.05, 4.69) is 18.3 Å². The Balaban J connectivity index is 2.10. The third-order valence-corrected chi connectivity index (χ3v) is 4.81. The van der Waals surface area contributed by atoms with Crippen LogP contribution in [-0.2, 0) is 16.6 Å². The number of aryl methyl sites for hydroxylation is 1. The van der Waals surface area contributed by atoms with Gasteiger partial charge in [-0.3, -0.25) is 4.79 Å². The Hall–Kier alpha value is -1.35. The van der Waals surface area contributed by atoms with Gasteiger partial charge < -0.3 is 10.1 Å². The zero-order valence-electron chi connectivity index (χ0n) is 11.7. The number of esters is 1. The maximum absolute atomic E-state index is 11.3. The van der Waals surface area contributed by atoms with E-state index in [0.717, 1.165) is 31.7 Å². The van der Waals surface area contributed by atoms with E-state index < -0.39 is 0 Å². The molecule has 3 rings (SSSR count). The van der Waals surface area contributed by atoms with Crippen molar-refractivity contribution in [1.82, 2.24) is 5.32 Å². The maximum atomic E-state index is 11.3. The van der Waals surface area contributed by atoms with E-state index in [1.165, 1.54) is 24.5 Å². The number of ether oxygens (including phenoxy) is 1. The van der Waals surface area contributed by atoms with Crippen molar-refractivity contribution in [1.29, 1.82) is 0 Å². The molecule has 3 heteroatoms. The smallest absolute Gasteiger partial charge is 0.308 e. The molecule has 1 N–H and O–H groups in total. The lowest BCUT2D eigenvalue weighted by molar-refractivity contribution is -0.132. The van der Waals surface area contributed by atoms with E-state index >= 15 is 0 Å². The predicted molar refractivity (Wildman–Crippen MR) is 74.4 cm³/mol. The Morgan fingerprint density at radius 2 is 2.32 bits per heavy atom. The Kier molecular flexibility index (Phi) is 3.09. The molecule has 0 aromatic heterocycles. The van der Waals surface area contributed by atoms with Gasteiger partial charge in [0.1, 0.15) is 5.75 Å². The minimum absolute atomic E-state index is 0.144. The number of carbonyl (C=O) groups excluding carboxylic acids is 1. The quantitative estimate of drug-likeness (QED) is 0.622. The fraction of sp³-hybridized carbons (Fsp3) is 0.562. The first-order valence-corrected chi connectivity index (χ1v) is 7.13. The van der Waals surface area contributed by atoms with Crippen molar-refractivity contribution in [3.05, 3.63) is 29.3 Å². The Morgan fingerprint density at radius 1 is 1.47 bits per heavy atom. The second-order valence-corrected chi connectivity index (χ2v) is 5.99. The van der Waals surface area contributed by atoms with Gasteiger partial charge in [0.25, 0.3) is 0 Å². The summed E-state index contributed by atoms with van der Waals surface area (Å²) in [7, 11) is 0. The lowest BCUT2D eigenvalue weighted by atomic mass is 9.61. The molecular formula is C16H21NO2.